The quantitative estimate of drug-likeness (QED) is 0.715. The van der Waals surface area contributed by atoms with E-state index in [2.05, 4.69) is 16.0 Å². The van der Waals surface area contributed by atoms with Crippen LogP contribution in [0.2, 0.25) is 0 Å². The summed E-state index contributed by atoms with van der Waals surface area (Å²) in [5, 5.41) is 8.72. The molecule has 1 aromatic rings. The number of thioether (sulfide) groups is 1. The van der Waals surface area contributed by atoms with Gasteiger partial charge < -0.3 is 16.0 Å². The van der Waals surface area contributed by atoms with Crippen molar-refractivity contribution in [1.82, 2.24) is 10.6 Å². The lowest BCUT2D eigenvalue weighted by atomic mass is 10.3. The zero-order valence-corrected chi connectivity index (χ0v) is 14.4. The molecule has 1 aliphatic carbocycles. The van der Waals surface area contributed by atoms with Crippen molar-refractivity contribution in [2.75, 3.05) is 18.4 Å². The Balaban J connectivity index is 1.72. The number of carbonyl (C=O) groups excluding carboxylic acids is 2. The van der Waals surface area contributed by atoms with Gasteiger partial charge in [0.05, 0.1) is 6.54 Å². The summed E-state index contributed by atoms with van der Waals surface area (Å²) in [6.45, 7) is 2.60. The van der Waals surface area contributed by atoms with Crippen molar-refractivity contribution in [3.05, 3.63) is 24.3 Å². The van der Waals surface area contributed by atoms with E-state index in [0.29, 0.717) is 6.54 Å². The first kappa shape index (κ1) is 17.7. The molecule has 1 aromatic carbocycles. The number of urea groups is 1. The first-order valence-electron chi connectivity index (χ1n) is 8.25. The van der Waals surface area contributed by atoms with Crippen LogP contribution < -0.4 is 16.0 Å². The van der Waals surface area contributed by atoms with Crippen LogP contribution in [0.5, 0.6) is 0 Å². The molecule has 5 nitrogen and oxygen atoms in total. The molecule has 126 valence electrons. The number of anilines is 1. The smallest absolute Gasteiger partial charge is 0.319 e. The normalized spacial score (nSPS) is 14.5. The summed E-state index contributed by atoms with van der Waals surface area (Å²) in [7, 11) is 0. The second kappa shape index (κ2) is 9.45. The van der Waals surface area contributed by atoms with Gasteiger partial charge in [-0.3, -0.25) is 4.79 Å². The number of amides is 3. The van der Waals surface area contributed by atoms with Crippen molar-refractivity contribution >= 4 is 29.4 Å². The fourth-order valence-electron chi connectivity index (χ4n) is 2.48. The Morgan fingerprint density at radius 3 is 2.48 bits per heavy atom. The standard InChI is InChI=1S/C17H25N3O2S/c1-2-11-18-16(21)12-19-17(22)20-13-7-9-15(10-8-13)23-14-5-3-4-6-14/h7-10,14H,2-6,11-12H2,1H3,(H,18,21)(H2,19,20,22). The Morgan fingerprint density at radius 1 is 1.13 bits per heavy atom. The van der Waals surface area contributed by atoms with Gasteiger partial charge in [0.2, 0.25) is 5.91 Å². The Kier molecular flexibility index (Phi) is 7.26. The SMILES string of the molecule is CCCNC(=O)CNC(=O)Nc1ccc(SC2CCCC2)cc1. The molecule has 0 saturated heterocycles. The molecular formula is C17H25N3O2S. The Bertz CT molecular complexity index is 513. The third kappa shape index (κ3) is 6.52. The van der Waals surface area contributed by atoms with Crippen LogP contribution in [0.15, 0.2) is 29.2 Å². The summed E-state index contributed by atoms with van der Waals surface area (Å²) in [5.41, 5.74) is 0.729. The van der Waals surface area contributed by atoms with Crippen LogP contribution in [-0.4, -0.2) is 30.3 Å². The molecule has 3 N–H and O–H groups in total. The van der Waals surface area contributed by atoms with E-state index in [0.717, 1.165) is 17.4 Å². The zero-order valence-electron chi connectivity index (χ0n) is 13.6. The van der Waals surface area contributed by atoms with Crippen molar-refractivity contribution in [1.29, 1.82) is 0 Å². The van der Waals surface area contributed by atoms with Gasteiger partial charge in [0, 0.05) is 22.4 Å². The molecule has 0 aromatic heterocycles. The van der Waals surface area contributed by atoms with Crippen LogP contribution in [0.3, 0.4) is 0 Å². The minimum Gasteiger partial charge on any atom is -0.355 e. The lowest BCUT2D eigenvalue weighted by Crippen LogP contribution is -2.39. The molecule has 0 unspecified atom stereocenters. The number of benzene rings is 1. The maximum absolute atomic E-state index is 11.7. The maximum Gasteiger partial charge on any atom is 0.319 e. The van der Waals surface area contributed by atoms with E-state index in [1.165, 1.54) is 30.6 Å². The summed E-state index contributed by atoms with van der Waals surface area (Å²) in [5.74, 6) is -0.176. The number of hydrogen-bond acceptors (Lipinski definition) is 3. The van der Waals surface area contributed by atoms with Crippen LogP contribution in [0.4, 0.5) is 10.5 Å². The molecule has 1 aliphatic rings. The first-order valence-corrected chi connectivity index (χ1v) is 9.13. The van der Waals surface area contributed by atoms with Gasteiger partial charge in [-0.15, -0.1) is 11.8 Å². The minimum atomic E-state index is -0.368. The van der Waals surface area contributed by atoms with Crippen LogP contribution in [0.1, 0.15) is 39.0 Å². The van der Waals surface area contributed by atoms with Crippen molar-refractivity contribution in [3.63, 3.8) is 0 Å². The molecule has 0 atom stereocenters. The average molecular weight is 335 g/mol. The summed E-state index contributed by atoms with van der Waals surface area (Å²) in [6.07, 6.45) is 6.15. The van der Waals surface area contributed by atoms with E-state index >= 15 is 0 Å². The molecule has 1 fully saturated rings. The number of hydrogen-bond donors (Lipinski definition) is 3. The minimum absolute atomic E-state index is 0.0125. The summed E-state index contributed by atoms with van der Waals surface area (Å²) >= 11 is 1.92. The van der Waals surface area contributed by atoms with Crippen molar-refractivity contribution in [3.8, 4) is 0 Å². The van der Waals surface area contributed by atoms with Crippen LogP contribution in [0, 0.1) is 0 Å². The van der Waals surface area contributed by atoms with Crippen LogP contribution in [0.25, 0.3) is 0 Å². The molecule has 0 aliphatic heterocycles. The molecule has 0 radical (unpaired) electrons. The predicted molar refractivity (Wildman–Crippen MR) is 94.9 cm³/mol. The third-order valence-electron chi connectivity index (χ3n) is 3.70. The van der Waals surface area contributed by atoms with Crippen molar-refractivity contribution < 1.29 is 9.59 Å². The third-order valence-corrected chi connectivity index (χ3v) is 5.05. The highest BCUT2D eigenvalue weighted by molar-refractivity contribution is 8.00. The Hall–Kier alpha value is -1.69. The first-order chi connectivity index (χ1) is 11.2. The second-order valence-electron chi connectivity index (χ2n) is 5.71. The topological polar surface area (TPSA) is 70.2 Å². The highest BCUT2D eigenvalue weighted by Crippen LogP contribution is 2.34. The number of carbonyl (C=O) groups is 2. The van der Waals surface area contributed by atoms with Gasteiger partial charge in [-0.25, -0.2) is 4.79 Å². The molecule has 3 amide bonds. The van der Waals surface area contributed by atoms with Crippen molar-refractivity contribution in [2.45, 2.75) is 49.2 Å². The molecule has 0 spiro atoms. The van der Waals surface area contributed by atoms with E-state index in [4.69, 9.17) is 0 Å². The average Bonchev–Trinajstić information content (AvgIpc) is 3.06. The summed E-state index contributed by atoms with van der Waals surface area (Å²) in [4.78, 5) is 24.4. The van der Waals surface area contributed by atoms with E-state index in [-0.39, 0.29) is 18.5 Å². The molecule has 2 rings (SSSR count). The molecule has 23 heavy (non-hydrogen) atoms. The molecule has 0 bridgehead atoms. The summed E-state index contributed by atoms with van der Waals surface area (Å²) in [6, 6.07) is 7.49. The number of nitrogens with one attached hydrogen (secondary N) is 3. The van der Waals surface area contributed by atoms with Gasteiger partial charge >= 0.3 is 6.03 Å². The maximum atomic E-state index is 11.7. The molecule has 0 heterocycles. The largest absolute Gasteiger partial charge is 0.355 e. The van der Waals surface area contributed by atoms with Gasteiger partial charge in [0.15, 0.2) is 0 Å². The van der Waals surface area contributed by atoms with Gasteiger partial charge in [-0.05, 0) is 43.5 Å². The molecule has 1 saturated carbocycles. The summed E-state index contributed by atoms with van der Waals surface area (Å²) < 4.78 is 0. The van der Waals surface area contributed by atoms with E-state index < -0.39 is 0 Å². The predicted octanol–water partition coefficient (Wildman–Crippen LogP) is 3.37. The van der Waals surface area contributed by atoms with E-state index in [1.807, 2.05) is 43.0 Å². The molecule has 6 heteroatoms. The van der Waals surface area contributed by atoms with Crippen molar-refractivity contribution in [2.24, 2.45) is 0 Å². The lowest BCUT2D eigenvalue weighted by molar-refractivity contribution is -0.120. The Morgan fingerprint density at radius 2 is 1.83 bits per heavy atom. The monoisotopic (exact) mass is 335 g/mol. The van der Waals surface area contributed by atoms with Crippen LogP contribution >= 0.6 is 11.8 Å². The van der Waals surface area contributed by atoms with Gasteiger partial charge in [-0.1, -0.05) is 19.8 Å². The highest BCUT2D eigenvalue weighted by Gasteiger charge is 2.15. The second-order valence-corrected chi connectivity index (χ2v) is 7.08. The van der Waals surface area contributed by atoms with Crippen LogP contribution in [-0.2, 0) is 4.79 Å². The van der Waals surface area contributed by atoms with Gasteiger partial charge in [-0.2, -0.15) is 0 Å². The van der Waals surface area contributed by atoms with Gasteiger partial charge in [0.1, 0.15) is 0 Å². The fourth-order valence-corrected chi connectivity index (χ4v) is 3.73. The lowest BCUT2D eigenvalue weighted by Gasteiger charge is -2.10. The van der Waals surface area contributed by atoms with E-state index in [1.54, 1.807) is 0 Å². The zero-order chi connectivity index (χ0) is 16.5. The fraction of sp³-hybridized carbons (Fsp3) is 0.529. The van der Waals surface area contributed by atoms with E-state index in [9.17, 15) is 9.59 Å². The van der Waals surface area contributed by atoms with Gasteiger partial charge in [0.25, 0.3) is 0 Å². The number of rotatable bonds is 7. The highest BCUT2D eigenvalue weighted by atomic mass is 32.2. The molecular weight excluding hydrogens is 310 g/mol. The Labute approximate surface area is 142 Å².